The first-order valence-corrected chi connectivity index (χ1v) is 9.43. The molecule has 0 N–H and O–H groups in total. The molecule has 0 saturated carbocycles. The number of hydrogen-bond acceptors (Lipinski definition) is 6. The molecule has 28 heavy (non-hydrogen) atoms. The van der Waals surface area contributed by atoms with Crippen molar-refractivity contribution < 1.29 is 14.3 Å². The van der Waals surface area contributed by atoms with Crippen LogP contribution in [0.5, 0.6) is 0 Å². The largest absolute Gasteiger partial charge is 0.464 e. The van der Waals surface area contributed by atoms with Gasteiger partial charge in [-0.1, -0.05) is 0 Å². The summed E-state index contributed by atoms with van der Waals surface area (Å²) in [5.74, 6) is -0.801. The molecule has 3 rings (SSSR count). The second kappa shape index (κ2) is 7.78. The molecule has 0 spiro atoms. The fourth-order valence-corrected chi connectivity index (χ4v) is 3.73. The van der Waals surface area contributed by atoms with Crippen LogP contribution in [0, 0.1) is 0 Å². The van der Waals surface area contributed by atoms with Crippen molar-refractivity contribution in [2.75, 3.05) is 13.2 Å². The molecule has 0 radical (unpaired) electrons. The van der Waals surface area contributed by atoms with Crippen LogP contribution in [0.15, 0.2) is 9.59 Å². The van der Waals surface area contributed by atoms with Crippen molar-refractivity contribution in [3.05, 3.63) is 26.1 Å². The summed E-state index contributed by atoms with van der Waals surface area (Å²) in [5, 5.41) is -0.0775. The Morgan fingerprint density at radius 1 is 1.21 bits per heavy atom. The van der Waals surface area contributed by atoms with Crippen LogP contribution in [0.4, 0.5) is 0 Å². The van der Waals surface area contributed by atoms with Crippen molar-refractivity contribution in [1.82, 2.24) is 23.6 Å². The fraction of sp³-hybridized carbons (Fsp3) is 0.588. The number of aryl methyl sites for hydroxylation is 1. The molecule has 10 nitrogen and oxygen atoms in total. The third kappa shape index (κ3) is 3.32. The van der Waals surface area contributed by atoms with Gasteiger partial charge >= 0.3 is 11.7 Å². The molecule has 152 valence electrons. The molecule has 1 saturated heterocycles. The van der Waals surface area contributed by atoms with E-state index in [2.05, 4.69) is 4.98 Å². The van der Waals surface area contributed by atoms with E-state index in [1.54, 1.807) is 6.92 Å². The minimum absolute atomic E-state index is 0.0626. The maximum absolute atomic E-state index is 13.0. The molecule has 2 aromatic rings. The first-order chi connectivity index (χ1) is 13.3. The van der Waals surface area contributed by atoms with Crippen molar-refractivity contribution in [1.29, 1.82) is 0 Å². The van der Waals surface area contributed by atoms with Crippen LogP contribution in [-0.2, 0) is 35.0 Å². The number of fused-ring (bicyclic) bond motifs is 1. The number of piperidine rings is 1. The third-order valence-electron chi connectivity index (χ3n) is 4.98. The molecule has 0 aromatic carbocycles. The summed E-state index contributed by atoms with van der Waals surface area (Å²) in [6.07, 6.45) is 2.13. The highest BCUT2D eigenvalue weighted by molar-refractivity contribution is 6.29. The molecule has 0 unspecified atom stereocenters. The molecule has 1 aliphatic rings. The Labute approximate surface area is 165 Å². The fourth-order valence-electron chi connectivity index (χ4n) is 3.50. The number of ether oxygens (including phenoxy) is 1. The second-order valence-electron chi connectivity index (χ2n) is 6.70. The van der Waals surface area contributed by atoms with Gasteiger partial charge in [-0.2, -0.15) is 4.98 Å². The zero-order valence-electron chi connectivity index (χ0n) is 16.0. The molecule has 2 aromatic heterocycles. The van der Waals surface area contributed by atoms with E-state index in [1.165, 1.54) is 28.1 Å². The minimum Gasteiger partial charge on any atom is -0.464 e. The number of imidazole rings is 1. The van der Waals surface area contributed by atoms with Crippen molar-refractivity contribution >= 4 is 34.6 Å². The molecule has 1 amide bonds. The van der Waals surface area contributed by atoms with Gasteiger partial charge in [0.05, 0.1) is 6.61 Å². The van der Waals surface area contributed by atoms with Crippen LogP contribution in [0.2, 0.25) is 5.28 Å². The molecule has 1 aliphatic heterocycles. The third-order valence-corrected chi connectivity index (χ3v) is 5.27. The lowest BCUT2D eigenvalue weighted by atomic mass is 10.0. The number of rotatable bonds is 4. The number of carbonyl (C=O) groups excluding carboxylic acids is 2. The van der Waals surface area contributed by atoms with Crippen molar-refractivity contribution in [2.45, 2.75) is 38.8 Å². The van der Waals surface area contributed by atoms with E-state index in [-0.39, 0.29) is 35.5 Å². The van der Waals surface area contributed by atoms with E-state index in [4.69, 9.17) is 16.3 Å². The number of nitrogens with zero attached hydrogens (tertiary/aromatic N) is 5. The van der Waals surface area contributed by atoms with Gasteiger partial charge in [0.15, 0.2) is 11.2 Å². The van der Waals surface area contributed by atoms with Crippen molar-refractivity contribution in [3.8, 4) is 0 Å². The van der Waals surface area contributed by atoms with Crippen molar-refractivity contribution in [2.24, 2.45) is 14.1 Å². The maximum atomic E-state index is 13.0. The lowest BCUT2D eigenvalue weighted by Crippen LogP contribution is -2.49. The number of aromatic nitrogens is 4. The molecule has 3 heterocycles. The minimum atomic E-state index is -0.651. The summed E-state index contributed by atoms with van der Waals surface area (Å²) in [6.45, 7) is 2.10. The monoisotopic (exact) mass is 411 g/mol. The van der Waals surface area contributed by atoms with Gasteiger partial charge in [-0.3, -0.25) is 23.3 Å². The highest BCUT2D eigenvalue weighted by atomic mass is 35.5. The summed E-state index contributed by atoms with van der Waals surface area (Å²) in [4.78, 5) is 55.4. The van der Waals surface area contributed by atoms with Crippen LogP contribution < -0.4 is 11.2 Å². The summed E-state index contributed by atoms with van der Waals surface area (Å²) in [7, 11) is 2.82. The summed E-state index contributed by atoms with van der Waals surface area (Å²) < 4.78 is 8.50. The molecule has 0 aliphatic carbocycles. The molecule has 1 atom stereocenters. The van der Waals surface area contributed by atoms with Gasteiger partial charge in [0.25, 0.3) is 5.56 Å². The Morgan fingerprint density at radius 2 is 1.93 bits per heavy atom. The predicted molar refractivity (Wildman–Crippen MR) is 101 cm³/mol. The smallest absolute Gasteiger partial charge is 0.332 e. The quantitative estimate of drug-likeness (QED) is 0.519. The number of halogens is 1. The van der Waals surface area contributed by atoms with E-state index in [0.717, 1.165) is 17.4 Å². The standard InChI is InChI=1S/C17H22ClN5O5/c1-4-28-15(26)10-7-5-6-8-22(10)11(24)9-23-12-13(19-16(23)18)20(2)17(27)21(3)14(12)25/h10H,4-9H2,1-3H3/t10-/m1/s1. The zero-order chi connectivity index (χ0) is 20.6. The Bertz CT molecular complexity index is 1050. The highest BCUT2D eigenvalue weighted by Gasteiger charge is 2.33. The molecule has 0 bridgehead atoms. The predicted octanol–water partition coefficient (Wildman–Crippen LogP) is 0.0313. The molecular formula is C17H22ClN5O5. The Hall–Kier alpha value is -2.62. The van der Waals surface area contributed by atoms with E-state index < -0.39 is 23.3 Å². The second-order valence-corrected chi connectivity index (χ2v) is 7.03. The summed E-state index contributed by atoms with van der Waals surface area (Å²) in [6, 6.07) is -0.651. The van der Waals surface area contributed by atoms with Crippen LogP contribution in [0.3, 0.4) is 0 Å². The van der Waals surface area contributed by atoms with Gasteiger partial charge in [0.1, 0.15) is 12.6 Å². The highest BCUT2D eigenvalue weighted by Crippen LogP contribution is 2.21. The van der Waals surface area contributed by atoms with Crippen molar-refractivity contribution in [3.63, 3.8) is 0 Å². The van der Waals surface area contributed by atoms with E-state index in [0.29, 0.717) is 13.0 Å². The average Bonchev–Trinajstić information content (AvgIpc) is 3.01. The van der Waals surface area contributed by atoms with Crippen LogP contribution in [-0.4, -0.2) is 54.7 Å². The Balaban J connectivity index is 1.99. The van der Waals surface area contributed by atoms with Gasteiger partial charge in [0, 0.05) is 20.6 Å². The summed E-state index contributed by atoms with van der Waals surface area (Å²) in [5.41, 5.74) is -0.964. The Morgan fingerprint density at radius 3 is 2.61 bits per heavy atom. The average molecular weight is 412 g/mol. The van der Waals surface area contributed by atoms with Gasteiger partial charge in [-0.05, 0) is 37.8 Å². The van der Waals surface area contributed by atoms with Gasteiger partial charge in [-0.15, -0.1) is 0 Å². The number of carbonyl (C=O) groups is 2. The van der Waals surface area contributed by atoms with Gasteiger partial charge in [0.2, 0.25) is 11.2 Å². The van der Waals surface area contributed by atoms with E-state index in [9.17, 15) is 19.2 Å². The first kappa shape index (κ1) is 20.1. The van der Waals surface area contributed by atoms with Crippen LogP contribution >= 0.6 is 11.6 Å². The Kier molecular flexibility index (Phi) is 5.59. The lowest BCUT2D eigenvalue weighted by Gasteiger charge is -2.34. The topological polar surface area (TPSA) is 108 Å². The van der Waals surface area contributed by atoms with Crippen LogP contribution in [0.1, 0.15) is 26.2 Å². The number of esters is 1. The zero-order valence-corrected chi connectivity index (χ0v) is 16.7. The molecule has 1 fully saturated rings. The summed E-state index contributed by atoms with van der Waals surface area (Å²) >= 11 is 6.17. The molecular weight excluding hydrogens is 390 g/mol. The lowest BCUT2D eigenvalue weighted by molar-refractivity contribution is -0.156. The van der Waals surface area contributed by atoms with Gasteiger partial charge < -0.3 is 9.64 Å². The van der Waals surface area contributed by atoms with Crippen LogP contribution in [0.25, 0.3) is 11.2 Å². The van der Waals surface area contributed by atoms with E-state index >= 15 is 0 Å². The molecule has 11 heteroatoms. The SMILES string of the molecule is CCOC(=O)[C@H]1CCCCN1C(=O)Cn1c(Cl)nc2c1c(=O)n(C)c(=O)n2C. The number of likely N-dealkylation sites (tertiary alicyclic amines) is 1. The number of amides is 1. The normalized spacial score (nSPS) is 17.1. The van der Waals surface area contributed by atoms with E-state index in [1.807, 2.05) is 0 Å². The number of hydrogen-bond donors (Lipinski definition) is 0. The first-order valence-electron chi connectivity index (χ1n) is 9.05. The maximum Gasteiger partial charge on any atom is 0.332 e. The van der Waals surface area contributed by atoms with Gasteiger partial charge in [-0.25, -0.2) is 9.59 Å².